The van der Waals surface area contributed by atoms with Crippen LogP contribution in [-0.4, -0.2) is 45.1 Å². The molecule has 112 valence electrons. The van der Waals surface area contributed by atoms with Gasteiger partial charge in [-0.25, -0.2) is 4.98 Å². The van der Waals surface area contributed by atoms with E-state index in [2.05, 4.69) is 9.97 Å². The molecule has 0 spiro atoms. The van der Waals surface area contributed by atoms with Crippen molar-refractivity contribution in [2.45, 2.75) is 25.6 Å². The second-order valence-corrected chi connectivity index (χ2v) is 4.55. The topological polar surface area (TPSA) is 113 Å². The molecule has 7 heteroatoms. The number of aliphatic hydroxyl groups excluding tert-OH is 2. The van der Waals surface area contributed by atoms with Crippen LogP contribution in [0.4, 0.5) is 0 Å². The lowest BCUT2D eigenvalue weighted by Crippen LogP contribution is -2.23. The number of carbonyl (C=O) groups is 2. The maximum absolute atomic E-state index is 11.3. The number of fused-ring (bicyclic) bond motifs is 1. The van der Waals surface area contributed by atoms with Gasteiger partial charge >= 0.3 is 5.97 Å². The molecule has 2 aromatic heterocycles. The average molecular weight is 292 g/mol. The third-order valence-corrected chi connectivity index (χ3v) is 3.10. The van der Waals surface area contributed by atoms with Crippen molar-refractivity contribution in [3.05, 3.63) is 29.6 Å². The Labute approximate surface area is 120 Å². The third kappa shape index (κ3) is 3.26. The van der Waals surface area contributed by atoms with E-state index < -0.39 is 18.2 Å². The van der Waals surface area contributed by atoms with Gasteiger partial charge in [0.25, 0.3) is 0 Å². The number of H-pyrrole nitrogens is 1. The number of hydrogen-bond acceptors (Lipinski definition) is 6. The highest BCUT2D eigenvalue weighted by molar-refractivity contribution is 5.95. The van der Waals surface area contributed by atoms with E-state index in [4.69, 9.17) is 4.74 Å². The van der Waals surface area contributed by atoms with Gasteiger partial charge in [-0.15, -0.1) is 0 Å². The zero-order valence-electron chi connectivity index (χ0n) is 11.4. The summed E-state index contributed by atoms with van der Waals surface area (Å²) in [6, 6.07) is 1.56. The van der Waals surface area contributed by atoms with Crippen LogP contribution in [0.5, 0.6) is 0 Å². The highest BCUT2D eigenvalue weighted by atomic mass is 16.5. The number of aliphatic hydroxyl groups is 2. The fourth-order valence-electron chi connectivity index (χ4n) is 2.02. The lowest BCUT2D eigenvalue weighted by Gasteiger charge is -2.17. The first-order valence-electron chi connectivity index (χ1n) is 6.50. The van der Waals surface area contributed by atoms with Gasteiger partial charge in [0.15, 0.2) is 6.29 Å². The minimum Gasteiger partial charge on any atom is -0.466 e. The van der Waals surface area contributed by atoms with Crippen molar-refractivity contribution in [1.29, 1.82) is 0 Å². The predicted molar refractivity (Wildman–Crippen MR) is 73.7 cm³/mol. The van der Waals surface area contributed by atoms with E-state index in [0.29, 0.717) is 28.4 Å². The van der Waals surface area contributed by atoms with E-state index in [9.17, 15) is 19.8 Å². The first kappa shape index (κ1) is 15.1. The van der Waals surface area contributed by atoms with Gasteiger partial charge < -0.3 is 19.9 Å². The fraction of sp³-hybridized carbons (Fsp3) is 0.357. The second-order valence-electron chi connectivity index (χ2n) is 4.55. The average Bonchev–Trinajstić information content (AvgIpc) is 2.88. The summed E-state index contributed by atoms with van der Waals surface area (Å²) < 4.78 is 4.72. The van der Waals surface area contributed by atoms with E-state index in [1.54, 1.807) is 13.0 Å². The number of ether oxygens (including phenoxy) is 1. The van der Waals surface area contributed by atoms with Crippen LogP contribution in [0.25, 0.3) is 11.0 Å². The number of aromatic nitrogens is 2. The van der Waals surface area contributed by atoms with E-state index in [1.165, 1.54) is 12.4 Å². The van der Waals surface area contributed by atoms with Crippen molar-refractivity contribution in [1.82, 2.24) is 9.97 Å². The van der Waals surface area contributed by atoms with Gasteiger partial charge in [-0.3, -0.25) is 9.59 Å². The minimum atomic E-state index is -1.30. The third-order valence-electron chi connectivity index (χ3n) is 3.10. The van der Waals surface area contributed by atoms with Crippen molar-refractivity contribution in [3.63, 3.8) is 0 Å². The van der Waals surface area contributed by atoms with Gasteiger partial charge in [0.2, 0.25) is 0 Å². The van der Waals surface area contributed by atoms with Gasteiger partial charge in [0, 0.05) is 28.9 Å². The first-order chi connectivity index (χ1) is 10.1. The number of carbonyl (C=O) groups excluding carboxylic acids is 2. The van der Waals surface area contributed by atoms with Gasteiger partial charge in [0.05, 0.1) is 19.1 Å². The van der Waals surface area contributed by atoms with Crippen molar-refractivity contribution >= 4 is 23.3 Å². The summed E-state index contributed by atoms with van der Waals surface area (Å²) in [7, 11) is 0. The molecule has 0 radical (unpaired) electrons. The summed E-state index contributed by atoms with van der Waals surface area (Å²) in [5.41, 5.74) is 1.24. The molecule has 0 fully saturated rings. The molecule has 0 aliphatic carbocycles. The standard InChI is InChI=1S/C14H16N2O5/c1-2-21-12(19)4-11(18)13(20)8-3-10-9(7-17)6-16-14(10)15-5-8/h3,5-7,11,13,18,20H,2,4H2,1H3,(H,15,16). The Kier molecular flexibility index (Phi) is 4.66. The van der Waals surface area contributed by atoms with Crippen LogP contribution in [0.15, 0.2) is 18.5 Å². The fourth-order valence-corrected chi connectivity index (χ4v) is 2.02. The molecule has 2 aromatic rings. The smallest absolute Gasteiger partial charge is 0.308 e. The Balaban J connectivity index is 2.20. The zero-order valence-corrected chi connectivity index (χ0v) is 11.4. The lowest BCUT2D eigenvalue weighted by molar-refractivity contribution is -0.147. The van der Waals surface area contributed by atoms with E-state index in [1.807, 2.05) is 0 Å². The number of nitrogens with one attached hydrogen (secondary N) is 1. The number of esters is 1. The second kappa shape index (κ2) is 6.47. The molecular weight excluding hydrogens is 276 g/mol. The number of pyridine rings is 1. The first-order valence-corrected chi connectivity index (χ1v) is 6.50. The zero-order chi connectivity index (χ0) is 15.4. The molecule has 7 nitrogen and oxygen atoms in total. The van der Waals surface area contributed by atoms with Crippen LogP contribution in [0, 0.1) is 0 Å². The van der Waals surface area contributed by atoms with Crippen LogP contribution in [0.1, 0.15) is 35.4 Å². The molecule has 0 aliphatic heterocycles. The molecular formula is C14H16N2O5. The summed E-state index contributed by atoms with van der Waals surface area (Å²) in [4.78, 5) is 29.1. The number of nitrogens with zero attached hydrogens (tertiary/aromatic N) is 1. The van der Waals surface area contributed by atoms with E-state index in [0.717, 1.165) is 0 Å². The van der Waals surface area contributed by atoms with E-state index >= 15 is 0 Å². The van der Waals surface area contributed by atoms with Crippen LogP contribution < -0.4 is 0 Å². The molecule has 0 bridgehead atoms. The summed E-state index contributed by atoms with van der Waals surface area (Å²) in [6.07, 6.45) is 0.650. The van der Waals surface area contributed by atoms with Gasteiger partial charge in [-0.05, 0) is 13.0 Å². The molecule has 2 heterocycles. The monoisotopic (exact) mass is 292 g/mol. The molecule has 21 heavy (non-hydrogen) atoms. The summed E-state index contributed by atoms with van der Waals surface area (Å²) in [5.74, 6) is -0.590. The molecule has 2 unspecified atom stereocenters. The maximum atomic E-state index is 11.3. The Morgan fingerprint density at radius 1 is 1.52 bits per heavy atom. The maximum Gasteiger partial charge on any atom is 0.308 e. The number of rotatable bonds is 6. The van der Waals surface area contributed by atoms with Crippen LogP contribution in [0.3, 0.4) is 0 Å². The lowest BCUT2D eigenvalue weighted by atomic mass is 10.0. The van der Waals surface area contributed by atoms with Gasteiger partial charge in [0.1, 0.15) is 11.8 Å². The minimum absolute atomic E-state index is 0.210. The summed E-state index contributed by atoms with van der Waals surface area (Å²) in [6.45, 7) is 1.87. The molecule has 2 atom stereocenters. The number of aromatic amines is 1. The normalized spacial score (nSPS) is 13.9. The number of aldehydes is 1. The SMILES string of the molecule is CCOC(=O)CC(O)C(O)c1cnc2[nH]cc(C=O)c2c1. The molecule has 0 saturated heterocycles. The summed E-state index contributed by atoms with van der Waals surface area (Å²) >= 11 is 0. The highest BCUT2D eigenvalue weighted by Gasteiger charge is 2.23. The van der Waals surface area contributed by atoms with Crippen molar-refractivity contribution < 1.29 is 24.5 Å². The quantitative estimate of drug-likeness (QED) is 0.534. The molecule has 0 aromatic carbocycles. The van der Waals surface area contributed by atoms with Crippen molar-refractivity contribution in [3.8, 4) is 0 Å². The molecule has 0 saturated carbocycles. The molecule has 0 amide bonds. The van der Waals surface area contributed by atoms with Crippen molar-refractivity contribution in [2.24, 2.45) is 0 Å². The Morgan fingerprint density at radius 2 is 2.29 bits per heavy atom. The Hall–Kier alpha value is -2.25. The molecule has 0 aliphatic rings. The van der Waals surface area contributed by atoms with Gasteiger partial charge in [-0.1, -0.05) is 0 Å². The van der Waals surface area contributed by atoms with Gasteiger partial charge in [-0.2, -0.15) is 0 Å². The molecule has 3 N–H and O–H groups in total. The van der Waals surface area contributed by atoms with Crippen LogP contribution in [0.2, 0.25) is 0 Å². The van der Waals surface area contributed by atoms with Crippen LogP contribution in [-0.2, 0) is 9.53 Å². The van der Waals surface area contributed by atoms with Crippen LogP contribution >= 0.6 is 0 Å². The van der Waals surface area contributed by atoms with Crippen molar-refractivity contribution in [2.75, 3.05) is 6.61 Å². The Bertz CT molecular complexity index is 652. The Morgan fingerprint density at radius 3 is 2.95 bits per heavy atom. The largest absolute Gasteiger partial charge is 0.466 e. The highest BCUT2D eigenvalue weighted by Crippen LogP contribution is 2.23. The van der Waals surface area contributed by atoms with E-state index in [-0.39, 0.29) is 13.0 Å². The molecule has 2 rings (SSSR count). The number of hydrogen-bond donors (Lipinski definition) is 3. The summed E-state index contributed by atoms with van der Waals surface area (Å²) in [5, 5.41) is 20.5. The predicted octanol–water partition coefficient (Wildman–Crippen LogP) is 0.723.